The number of carbonyl (C=O) groups is 1. The van der Waals surface area contributed by atoms with Crippen molar-refractivity contribution in [2.45, 2.75) is 25.7 Å². The van der Waals surface area contributed by atoms with Gasteiger partial charge in [0.15, 0.2) is 5.82 Å². The predicted octanol–water partition coefficient (Wildman–Crippen LogP) is 3.71. The lowest BCUT2D eigenvalue weighted by molar-refractivity contribution is -0.118. The Bertz CT molecular complexity index is 459. The molecule has 0 amide bonds. The lowest BCUT2D eigenvalue weighted by Gasteiger charge is -2.11. The van der Waals surface area contributed by atoms with E-state index in [1.165, 1.54) is 0 Å². The second kappa shape index (κ2) is 5.06. The fourth-order valence-electron chi connectivity index (χ4n) is 1.63. The maximum atomic E-state index is 11.3. The topological polar surface area (TPSA) is 42.3 Å². The molecular formula is C11H10BrClN2O. The Morgan fingerprint density at radius 3 is 2.94 bits per heavy atom. The van der Waals surface area contributed by atoms with E-state index in [1.54, 1.807) is 12.3 Å². The van der Waals surface area contributed by atoms with E-state index in [-0.39, 0.29) is 5.78 Å². The highest BCUT2D eigenvalue weighted by Gasteiger charge is 2.15. The predicted molar refractivity (Wildman–Crippen MR) is 67.5 cm³/mol. The molecule has 3 nitrogen and oxygen atoms in total. The van der Waals surface area contributed by atoms with E-state index < -0.39 is 0 Å². The highest BCUT2D eigenvalue weighted by Crippen LogP contribution is 2.27. The van der Waals surface area contributed by atoms with Crippen LogP contribution in [0.15, 0.2) is 21.7 Å². The van der Waals surface area contributed by atoms with Crippen LogP contribution in [0.3, 0.4) is 0 Å². The maximum Gasteiger partial charge on any atom is 0.166 e. The zero-order valence-electron chi connectivity index (χ0n) is 8.54. The van der Waals surface area contributed by atoms with Gasteiger partial charge in [-0.15, -0.1) is 0 Å². The molecule has 1 aromatic heterocycles. The molecule has 0 atom stereocenters. The van der Waals surface area contributed by atoms with Gasteiger partial charge in [-0.2, -0.15) is 0 Å². The minimum atomic E-state index is 0.259. The summed E-state index contributed by atoms with van der Waals surface area (Å²) in [5, 5.41) is 0.565. The van der Waals surface area contributed by atoms with Crippen molar-refractivity contribution < 1.29 is 4.79 Å². The van der Waals surface area contributed by atoms with Gasteiger partial charge in [-0.05, 0) is 34.8 Å². The van der Waals surface area contributed by atoms with Crippen LogP contribution >= 0.6 is 27.5 Å². The largest absolute Gasteiger partial charge is 0.299 e. The fraction of sp³-hybridized carbons (Fsp3) is 0.364. The average Bonchev–Trinajstić information content (AvgIpc) is 2.22. The molecule has 0 spiro atoms. The van der Waals surface area contributed by atoms with Gasteiger partial charge in [0.25, 0.3) is 0 Å². The van der Waals surface area contributed by atoms with E-state index in [9.17, 15) is 4.79 Å². The molecule has 0 unspecified atom stereocenters. The summed E-state index contributed by atoms with van der Waals surface area (Å²) in [5.41, 5.74) is 0.909. The monoisotopic (exact) mass is 300 g/mol. The highest BCUT2D eigenvalue weighted by atomic mass is 79.9. The van der Waals surface area contributed by atoms with Gasteiger partial charge in [-0.1, -0.05) is 11.6 Å². The molecule has 1 aromatic rings. The number of ketones is 1. The minimum absolute atomic E-state index is 0.259. The van der Waals surface area contributed by atoms with Crippen LogP contribution in [0, 0.1) is 0 Å². The Hall–Kier alpha value is -0.740. The molecule has 0 aromatic carbocycles. The van der Waals surface area contributed by atoms with Crippen LogP contribution in [-0.4, -0.2) is 16.5 Å². The van der Waals surface area contributed by atoms with Gasteiger partial charge in [0, 0.05) is 24.8 Å². The molecule has 1 heterocycles. The molecule has 0 saturated heterocycles. The molecule has 0 radical (unpaired) electrons. The maximum absolute atomic E-state index is 11.3. The third kappa shape index (κ3) is 2.89. The van der Waals surface area contributed by atoms with Gasteiger partial charge in [0.2, 0.25) is 0 Å². The van der Waals surface area contributed by atoms with Gasteiger partial charge in [-0.25, -0.2) is 9.98 Å². The molecule has 1 fully saturated rings. The van der Waals surface area contributed by atoms with Crippen LogP contribution in [0.25, 0.3) is 0 Å². The van der Waals surface area contributed by atoms with Crippen molar-refractivity contribution in [2.24, 2.45) is 4.99 Å². The number of carbonyl (C=O) groups excluding carboxylic acids is 1. The normalized spacial score (nSPS) is 19.1. The summed E-state index contributed by atoms with van der Waals surface area (Å²) in [5.74, 6) is 0.851. The summed E-state index contributed by atoms with van der Waals surface area (Å²) in [6, 6.07) is 1.75. The zero-order chi connectivity index (χ0) is 11.5. The zero-order valence-corrected chi connectivity index (χ0v) is 10.9. The smallest absolute Gasteiger partial charge is 0.166 e. The third-order valence-electron chi connectivity index (χ3n) is 2.37. The van der Waals surface area contributed by atoms with Crippen LogP contribution in [0.2, 0.25) is 5.02 Å². The van der Waals surface area contributed by atoms with Crippen molar-refractivity contribution in [1.82, 2.24) is 4.98 Å². The van der Waals surface area contributed by atoms with Crippen molar-refractivity contribution in [3.05, 3.63) is 21.8 Å². The van der Waals surface area contributed by atoms with Crippen LogP contribution in [0.1, 0.15) is 25.7 Å². The number of halogens is 2. The lowest BCUT2D eigenvalue weighted by atomic mass is 9.97. The Balaban J connectivity index is 2.24. The van der Waals surface area contributed by atoms with E-state index in [0.29, 0.717) is 23.7 Å². The Morgan fingerprint density at radius 2 is 2.25 bits per heavy atom. The second-order valence-electron chi connectivity index (χ2n) is 3.71. The van der Waals surface area contributed by atoms with Crippen LogP contribution < -0.4 is 0 Å². The molecule has 1 saturated carbocycles. The summed E-state index contributed by atoms with van der Waals surface area (Å²) in [6.45, 7) is 0. The Morgan fingerprint density at radius 1 is 1.44 bits per heavy atom. The van der Waals surface area contributed by atoms with Gasteiger partial charge in [0.1, 0.15) is 5.78 Å². The van der Waals surface area contributed by atoms with Crippen molar-refractivity contribution in [1.29, 1.82) is 0 Å². The molecule has 5 heteroatoms. The molecule has 1 aliphatic rings. The average molecular weight is 302 g/mol. The second-order valence-corrected chi connectivity index (χ2v) is 5.00. The molecular weight excluding hydrogens is 291 g/mol. The van der Waals surface area contributed by atoms with Crippen molar-refractivity contribution in [3.63, 3.8) is 0 Å². The quantitative estimate of drug-likeness (QED) is 0.793. The van der Waals surface area contributed by atoms with E-state index >= 15 is 0 Å². The molecule has 0 aliphatic heterocycles. The van der Waals surface area contributed by atoms with E-state index in [4.69, 9.17) is 11.6 Å². The van der Waals surface area contributed by atoms with E-state index in [1.807, 2.05) is 0 Å². The summed E-state index contributed by atoms with van der Waals surface area (Å²) in [7, 11) is 0. The number of aromatic nitrogens is 1. The number of hydrogen-bond acceptors (Lipinski definition) is 3. The van der Waals surface area contributed by atoms with Crippen molar-refractivity contribution >= 4 is 44.8 Å². The number of pyridine rings is 1. The fourth-order valence-corrected chi connectivity index (χ4v) is 2.36. The summed E-state index contributed by atoms with van der Waals surface area (Å²) >= 11 is 9.14. The molecule has 0 N–H and O–H groups in total. The first kappa shape index (κ1) is 11.7. The molecule has 1 aliphatic carbocycles. The van der Waals surface area contributed by atoms with Gasteiger partial charge >= 0.3 is 0 Å². The molecule has 16 heavy (non-hydrogen) atoms. The first-order valence-corrected chi connectivity index (χ1v) is 6.21. The first-order valence-electron chi connectivity index (χ1n) is 5.04. The van der Waals surface area contributed by atoms with Crippen molar-refractivity contribution in [3.8, 4) is 0 Å². The van der Waals surface area contributed by atoms with Gasteiger partial charge in [0.05, 0.1) is 9.50 Å². The highest BCUT2D eigenvalue weighted by molar-refractivity contribution is 9.10. The Labute approximate surface area is 107 Å². The summed E-state index contributed by atoms with van der Waals surface area (Å²) in [4.78, 5) is 19.8. The number of nitrogens with zero attached hydrogens (tertiary/aromatic N) is 2. The van der Waals surface area contributed by atoms with Gasteiger partial charge in [-0.3, -0.25) is 4.79 Å². The Kier molecular flexibility index (Phi) is 3.71. The number of rotatable bonds is 1. The van der Waals surface area contributed by atoms with E-state index in [0.717, 1.165) is 23.0 Å². The standard InChI is InChI=1S/C11H10BrClN2O/c12-10-4-7(13)6-14-11(10)15-8-2-1-3-9(16)5-8/h4,6H,1-3,5H2. The number of hydrogen-bond donors (Lipinski definition) is 0. The molecule has 2 rings (SSSR count). The summed E-state index contributed by atoms with van der Waals surface area (Å²) in [6.07, 6.45) is 4.45. The minimum Gasteiger partial charge on any atom is -0.299 e. The lowest BCUT2D eigenvalue weighted by Crippen LogP contribution is -2.14. The summed E-state index contributed by atoms with van der Waals surface area (Å²) < 4.78 is 0.755. The SMILES string of the molecule is O=C1CCCC(=Nc2ncc(Cl)cc2Br)C1. The van der Waals surface area contributed by atoms with Crippen LogP contribution in [0.5, 0.6) is 0 Å². The first-order chi connectivity index (χ1) is 7.65. The molecule has 84 valence electrons. The van der Waals surface area contributed by atoms with Gasteiger partial charge < -0.3 is 0 Å². The number of Topliss-reactive ketones (excluding diaryl/α,β-unsaturated/α-hetero) is 1. The number of aliphatic imine (C=N–C) groups is 1. The van der Waals surface area contributed by atoms with E-state index in [2.05, 4.69) is 25.9 Å². The van der Waals surface area contributed by atoms with Crippen LogP contribution in [0.4, 0.5) is 5.82 Å². The van der Waals surface area contributed by atoms with Crippen molar-refractivity contribution in [2.75, 3.05) is 0 Å². The third-order valence-corrected chi connectivity index (χ3v) is 3.16. The molecule has 0 bridgehead atoms. The van der Waals surface area contributed by atoms with Crippen LogP contribution in [-0.2, 0) is 4.79 Å².